The Labute approximate surface area is 262 Å². The summed E-state index contributed by atoms with van der Waals surface area (Å²) < 4.78 is 0. The number of primary amides is 1. The molecule has 2 amide bonds. The molecule has 0 heterocycles. The largest absolute Gasteiger partial charge is 1.00 e. The molecule has 2 saturated carbocycles. The number of unbranched alkanes of at least 4 members (excludes halogenated alkanes) is 1. The predicted octanol–water partition coefficient (Wildman–Crippen LogP) is 1.13. The monoisotopic (exact) mass is 537 g/mol. The molecule has 2 aliphatic carbocycles. The number of amides is 2. The van der Waals surface area contributed by atoms with Crippen molar-refractivity contribution in [3.63, 3.8) is 0 Å². The molecule has 8 N–H and O–H groups in total. The number of allylic oxidation sites excluding steroid dienone is 2. The van der Waals surface area contributed by atoms with Gasteiger partial charge in [0, 0.05) is 32.0 Å². The molecule has 10 heteroatoms. The van der Waals surface area contributed by atoms with E-state index in [9.17, 15) is 4.79 Å². The van der Waals surface area contributed by atoms with Gasteiger partial charge in [0.1, 0.15) is 0 Å². The first-order valence-electron chi connectivity index (χ1n) is 12.5. The third-order valence-corrected chi connectivity index (χ3v) is 5.99. The molecule has 0 bridgehead atoms. The standard InChI is InChI=1S/C24H42N3O2.CH3NO.CH4O.K.H3N/c1-6-14-27-29-23(19-12-13-19)20(16-18-10-11-18)9-7-8-15-26-22(28)17-21(25-5)24(2,3)4;2-1-3;1-2;;/h6,18,20-21,25H,1,7-17H2,2-5H3,(H,26,28);1H,(H2,2,3);2H,1H3;;1H3/q-1;;;+1;. The van der Waals surface area contributed by atoms with E-state index in [1.807, 2.05) is 7.05 Å². The third kappa shape index (κ3) is 19.8. The minimum Gasteiger partial charge on any atom is -0.590 e. The first kappa shape index (κ1) is 40.2. The summed E-state index contributed by atoms with van der Waals surface area (Å²) in [5.74, 6) is 2.64. The van der Waals surface area contributed by atoms with Crippen LogP contribution < -0.4 is 73.9 Å². The number of nitrogens with two attached hydrogens (primary N) is 1. The van der Waals surface area contributed by atoms with Crippen LogP contribution in [0.15, 0.2) is 24.0 Å². The second-order valence-corrected chi connectivity index (χ2v) is 9.93. The van der Waals surface area contributed by atoms with Crippen molar-refractivity contribution in [2.24, 2.45) is 23.0 Å². The van der Waals surface area contributed by atoms with Crippen LogP contribution >= 0.6 is 0 Å². The van der Waals surface area contributed by atoms with Crippen LogP contribution in [0.25, 0.3) is 5.48 Å². The van der Waals surface area contributed by atoms with Crippen molar-refractivity contribution in [2.75, 3.05) is 27.2 Å². The van der Waals surface area contributed by atoms with Crippen LogP contribution in [0.5, 0.6) is 0 Å². The van der Waals surface area contributed by atoms with Crippen LogP contribution in [0.4, 0.5) is 0 Å². The number of hydrogen-bond acceptors (Lipinski definition) is 6. The number of nitrogens with zero attached hydrogens (tertiary/aromatic N) is 1. The smallest absolute Gasteiger partial charge is 0.590 e. The maximum atomic E-state index is 12.3. The van der Waals surface area contributed by atoms with Crippen molar-refractivity contribution in [2.45, 2.75) is 84.6 Å². The number of hydrogen-bond donors (Lipinski definition) is 5. The van der Waals surface area contributed by atoms with E-state index in [0.29, 0.717) is 18.9 Å². The SMILES string of the molecule is C=CC[N-]OC(=C1CC1)C(CCCCNC(=O)CC(NC)C(C)(C)C)CC1CC1.CO.N.NC=O.[K+]. The summed E-state index contributed by atoms with van der Waals surface area (Å²) in [5, 5.41) is 13.4. The van der Waals surface area contributed by atoms with Gasteiger partial charge >= 0.3 is 51.4 Å². The van der Waals surface area contributed by atoms with Gasteiger partial charge in [-0.05, 0) is 56.1 Å². The van der Waals surface area contributed by atoms with Crippen molar-refractivity contribution in [1.82, 2.24) is 16.8 Å². The van der Waals surface area contributed by atoms with Gasteiger partial charge in [-0.1, -0.05) is 40.0 Å². The number of carbonyl (C=O) groups is 2. The molecule has 0 aromatic rings. The van der Waals surface area contributed by atoms with E-state index in [1.54, 1.807) is 6.08 Å². The fourth-order valence-corrected chi connectivity index (χ4v) is 3.85. The molecule has 2 rings (SSSR count). The Hall–Kier alpha value is -0.304. The van der Waals surface area contributed by atoms with Crippen LogP contribution in [0.3, 0.4) is 0 Å². The molecule has 2 fully saturated rings. The Morgan fingerprint density at radius 2 is 1.86 bits per heavy atom. The van der Waals surface area contributed by atoms with E-state index in [1.165, 1.54) is 24.8 Å². The Morgan fingerprint density at radius 3 is 2.31 bits per heavy atom. The second kappa shape index (κ2) is 23.8. The molecular weight excluding hydrogens is 485 g/mol. The van der Waals surface area contributed by atoms with Crippen molar-refractivity contribution in [1.29, 1.82) is 0 Å². The quantitative estimate of drug-likeness (QED) is 0.0525. The van der Waals surface area contributed by atoms with Crippen LogP contribution in [0, 0.1) is 17.3 Å². The third-order valence-electron chi connectivity index (χ3n) is 5.99. The number of rotatable bonds is 15. The zero-order chi connectivity index (χ0) is 26.0. The molecule has 0 aliphatic heterocycles. The molecule has 2 aliphatic rings. The molecule has 0 spiro atoms. The van der Waals surface area contributed by atoms with Gasteiger partial charge < -0.3 is 37.9 Å². The summed E-state index contributed by atoms with van der Waals surface area (Å²) in [6, 6.07) is 0.189. The molecule has 9 nitrogen and oxygen atoms in total. The van der Waals surface area contributed by atoms with E-state index < -0.39 is 0 Å². The zero-order valence-electron chi connectivity index (χ0n) is 23.8. The fourth-order valence-electron chi connectivity index (χ4n) is 3.85. The minimum atomic E-state index is 0. The molecule has 36 heavy (non-hydrogen) atoms. The van der Waals surface area contributed by atoms with Crippen LogP contribution in [-0.2, 0) is 14.4 Å². The van der Waals surface area contributed by atoms with Crippen molar-refractivity contribution < 1.29 is 70.9 Å². The summed E-state index contributed by atoms with van der Waals surface area (Å²) >= 11 is 0. The van der Waals surface area contributed by atoms with E-state index in [2.05, 4.69) is 49.2 Å². The first-order chi connectivity index (χ1) is 16.3. The van der Waals surface area contributed by atoms with E-state index in [-0.39, 0.29) is 81.3 Å². The Balaban J connectivity index is -0.00000144. The summed E-state index contributed by atoms with van der Waals surface area (Å²) in [6.07, 6.45) is 12.1. The molecule has 2 unspecified atom stereocenters. The molecular formula is C26H52KN5O4. The summed E-state index contributed by atoms with van der Waals surface area (Å²) in [5.41, 5.74) is 9.88. The summed E-state index contributed by atoms with van der Waals surface area (Å²) in [7, 11) is 2.93. The summed E-state index contributed by atoms with van der Waals surface area (Å²) in [6.45, 7) is 11.5. The zero-order valence-corrected chi connectivity index (χ0v) is 26.9. The fraction of sp³-hybridized carbons (Fsp3) is 0.769. The van der Waals surface area contributed by atoms with E-state index in [0.717, 1.165) is 57.4 Å². The molecule has 0 radical (unpaired) electrons. The number of aliphatic hydroxyl groups is 1. The van der Waals surface area contributed by atoms with Gasteiger partial charge in [0.25, 0.3) is 0 Å². The van der Waals surface area contributed by atoms with Crippen LogP contribution in [0.2, 0.25) is 0 Å². The van der Waals surface area contributed by atoms with Gasteiger partial charge in [0.15, 0.2) is 0 Å². The number of carbonyl (C=O) groups excluding carboxylic acids is 2. The number of nitrogens with one attached hydrogen (secondary N) is 2. The second-order valence-electron chi connectivity index (χ2n) is 9.93. The van der Waals surface area contributed by atoms with Gasteiger partial charge in [-0.3, -0.25) is 9.59 Å². The van der Waals surface area contributed by atoms with Crippen molar-refractivity contribution in [3.8, 4) is 0 Å². The predicted molar refractivity (Wildman–Crippen MR) is 144 cm³/mol. The number of hydroxylamine groups is 1. The Kier molecular flexibility index (Phi) is 26.6. The van der Waals surface area contributed by atoms with Crippen LogP contribution in [-0.4, -0.2) is 50.7 Å². The Morgan fingerprint density at radius 1 is 1.28 bits per heavy atom. The number of aliphatic hydroxyl groups excluding tert-OH is 1. The normalized spacial score (nSPS) is 15.1. The first-order valence-corrected chi connectivity index (χ1v) is 12.5. The van der Waals surface area contributed by atoms with Crippen molar-refractivity contribution in [3.05, 3.63) is 29.5 Å². The average Bonchev–Trinajstić information content (AvgIpc) is 3.71. The van der Waals surface area contributed by atoms with Gasteiger partial charge in [0.2, 0.25) is 12.3 Å². The molecule has 2 atom stereocenters. The van der Waals surface area contributed by atoms with Gasteiger partial charge in [-0.2, -0.15) is 0 Å². The van der Waals surface area contributed by atoms with Gasteiger partial charge in [0.05, 0.1) is 5.76 Å². The Bertz CT molecular complexity index is 616. The average molecular weight is 538 g/mol. The van der Waals surface area contributed by atoms with E-state index in [4.69, 9.17) is 14.7 Å². The topological polar surface area (TPSA) is 163 Å². The molecule has 206 valence electrons. The summed E-state index contributed by atoms with van der Waals surface area (Å²) in [4.78, 5) is 26.7. The van der Waals surface area contributed by atoms with Crippen molar-refractivity contribution >= 4 is 12.3 Å². The molecule has 0 saturated heterocycles. The van der Waals surface area contributed by atoms with Crippen LogP contribution in [0.1, 0.15) is 78.6 Å². The van der Waals surface area contributed by atoms with Gasteiger partial charge in [-0.15, -0.1) is 19.2 Å². The minimum absolute atomic E-state index is 0. The molecule has 0 aromatic carbocycles. The van der Waals surface area contributed by atoms with Gasteiger partial charge in [-0.25, -0.2) is 0 Å². The maximum absolute atomic E-state index is 12.3. The van der Waals surface area contributed by atoms with E-state index >= 15 is 0 Å². The molecule has 0 aromatic heterocycles. The maximum Gasteiger partial charge on any atom is 1.00 e.